The molecule has 29 heavy (non-hydrogen) atoms. The first-order valence-electron chi connectivity index (χ1n) is 9.12. The molecule has 10 heteroatoms. The molecule has 0 radical (unpaired) electrons. The molecule has 1 aliphatic rings. The number of hydrogen-bond donors (Lipinski definition) is 1. The topological polar surface area (TPSA) is 72.2 Å². The van der Waals surface area contributed by atoms with Gasteiger partial charge in [0.1, 0.15) is 22.8 Å². The van der Waals surface area contributed by atoms with Crippen LogP contribution in [0.1, 0.15) is 23.3 Å². The summed E-state index contributed by atoms with van der Waals surface area (Å²) in [6.07, 6.45) is 6.15. The van der Waals surface area contributed by atoms with E-state index < -0.39 is 17.5 Å². The molecular weight excluding hydrogens is 416 g/mol. The van der Waals surface area contributed by atoms with Crippen LogP contribution < -0.4 is 5.32 Å². The minimum atomic E-state index is -0.815. The van der Waals surface area contributed by atoms with Gasteiger partial charge in [0.15, 0.2) is 10.8 Å². The molecule has 0 fully saturated rings. The number of carbonyl (C=O) groups is 1. The first-order valence-corrected chi connectivity index (χ1v) is 10.9. The summed E-state index contributed by atoms with van der Waals surface area (Å²) in [5, 5.41) is 12.6. The number of benzene rings is 1. The zero-order valence-corrected chi connectivity index (χ0v) is 16.7. The highest BCUT2D eigenvalue weighted by molar-refractivity contribution is 7.99. The lowest BCUT2D eigenvalue weighted by Crippen LogP contribution is -2.15. The number of thiophene rings is 1. The molecule has 0 spiro atoms. The molecule has 0 bridgehead atoms. The Morgan fingerprint density at radius 3 is 2.97 bits per heavy atom. The first kappa shape index (κ1) is 18.4. The van der Waals surface area contributed by atoms with Gasteiger partial charge in [-0.1, -0.05) is 11.8 Å². The van der Waals surface area contributed by atoms with Crippen molar-refractivity contribution in [2.45, 2.75) is 30.8 Å². The summed E-state index contributed by atoms with van der Waals surface area (Å²) in [7, 11) is 0. The minimum Gasteiger partial charge on any atom is -0.323 e. The molecule has 0 atom stereocenters. The Morgan fingerprint density at radius 1 is 1.24 bits per heavy atom. The van der Waals surface area contributed by atoms with Gasteiger partial charge in [-0.25, -0.2) is 13.8 Å². The smallest absolute Gasteiger partial charge is 0.234 e. The van der Waals surface area contributed by atoms with Crippen LogP contribution in [0.2, 0.25) is 0 Å². The molecule has 148 valence electrons. The third-order valence-electron chi connectivity index (χ3n) is 4.87. The minimum absolute atomic E-state index is 0.0113. The molecule has 0 unspecified atom stereocenters. The molecule has 0 saturated heterocycles. The van der Waals surface area contributed by atoms with Crippen LogP contribution in [0.5, 0.6) is 0 Å². The van der Waals surface area contributed by atoms with Gasteiger partial charge in [-0.3, -0.25) is 9.20 Å². The van der Waals surface area contributed by atoms with Gasteiger partial charge in [-0.2, -0.15) is 0 Å². The van der Waals surface area contributed by atoms with Gasteiger partial charge in [0.25, 0.3) is 0 Å². The Morgan fingerprint density at radius 2 is 2.10 bits per heavy atom. The lowest BCUT2D eigenvalue weighted by Gasteiger charge is -2.10. The van der Waals surface area contributed by atoms with Crippen LogP contribution in [-0.2, 0) is 17.6 Å². The second kappa shape index (κ2) is 7.34. The molecule has 6 nitrogen and oxygen atoms in total. The number of anilines is 1. The van der Waals surface area contributed by atoms with Crippen LogP contribution in [0.15, 0.2) is 29.7 Å². The summed E-state index contributed by atoms with van der Waals surface area (Å²) >= 11 is 2.91. The number of thioether (sulfide) groups is 1. The molecule has 3 heterocycles. The van der Waals surface area contributed by atoms with E-state index in [0.717, 1.165) is 47.3 Å². The predicted molar refractivity (Wildman–Crippen MR) is 109 cm³/mol. The fraction of sp³-hybridized carbons (Fsp3) is 0.263. The monoisotopic (exact) mass is 431 g/mol. The van der Waals surface area contributed by atoms with E-state index in [4.69, 9.17) is 0 Å². The van der Waals surface area contributed by atoms with Crippen molar-refractivity contribution in [2.75, 3.05) is 11.1 Å². The highest BCUT2D eigenvalue weighted by Gasteiger charge is 2.21. The first-order chi connectivity index (χ1) is 14.1. The van der Waals surface area contributed by atoms with Crippen molar-refractivity contribution >= 4 is 50.6 Å². The normalized spacial score (nSPS) is 13.7. The maximum Gasteiger partial charge on any atom is 0.234 e. The number of aryl methyl sites for hydroxylation is 2. The van der Waals surface area contributed by atoms with E-state index in [-0.39, 0.29) is 11.4 Å². The zero-order chi connectivity index (χ0) is 20.0. The fourth-order valence-electron chi connectivity index (χ4n) is 3.54. The Balaban J connectivity index is 1.37. The van der Waals surface area contributed by atoms with Gasteiger partial charge in [-0.15, -0.1) is 21.5 Å². The molecule has 0 saturated carbocycles. The van der Waals surface area contributed by atoms with Crippen LogP contribution in [0.4, 0.5) is 14.5 Å². The van der Waals surface area contributed by atoms with Gasteiger partial charge in [0.05, 0.1) is 16.8 Å². The number of hydrogen-bond acceptors (Lipinski definition) is 6. The van der Waals surface area contributed by atoms with E-state index in [0.29, 0.717) is 5.16 Å². The summed E-state index contributed by atoms with van der Waals surface area (Å²) in [5.74, 6) is -1.92. The summed E-state index contributed by atoms with van der Waals surface area (Å²) in [4.78, 5) is 19.1. The number of carbonyl (C=O) groups excluding carboxylic acids is 1. The number of halogens is 2. The number of nitrogens with zero attached hydrogens (tertiary/aromatic N) is 4. The summed E-state index contributed by atoms with van der Waals surface area (Å²) < 4.78 is 28.5. The van der Waals surface area contributed by atoms with E-state index in [1.165, 1.54) is 34.7 Å². The lowest BCUT2D eigenvalue weighted by molar-refractivity contribution is -0.113. The summed E-state index contributed by atoms with van der Waals surface area (Å²) in [6.45, 7) is 0. The summed E-state index contributed by atoms with van der Waals surface area (Å²) in [5.41, 5.74) is 2.01. The van der Waals surface area contributed by atoms with E-state index in [1.54, 1.807) is 22.1 Å². The van der Waals surface area contributed by atoms with Crippen molar-refractivity contribution in [3.05, 3.63) is 46.6 Å². The van der Waals surface area contributed by atoms with Gasteiger partial charge in [0, 0.05) is 10.9 Å². The van der Waals surface area contributed by atoms with Crippen molar-refractivity contribution in [3.63, 3.8) is 0 Å². The van der Waals surface area contributed by atoms with Crippen molar-refractivity contribution in [1.29, 1.82) is 0 Å². The van der Waals surface area contributed by atoms with Crippen LogP contribution in [0.25, 0.3) is 15.9 Å². The van der Waals surface area contributed by atoms with Crippen LogP contribution >= 0.6 is 23.1 Å². The van der Waals surface area contributed by atoms with Crippen molar-refractivity contribution in [1.82, 2.24) is 19.6 Å². The lowest BCUT2D eigenvalue weighted by atomic mass is 9.97. The average Bonchev–Trinajstić information content (AvgIpc) is 3.29. The molecule has 5 rings (SSSR count). The maximum atomic E-state index is 13.7. The third-order valence-corrected chi connectivity index (χ3v) is 7.01. The Hall–Kier alpha value is -2.59. The highest BCUT2D eigenvalue weighted by Crippen LogP contribution is 2.37. The van der Waals surface area contributed by atoms with Gasteiger partial charge >= 0.3 is 0 Å². The molecule has 1 N–H and O–H groups in total. The Labute approximate surface area is 172 Å². The fourth-order valence-corrected chi connectivity index (χ4v) is 5.47. The van der Waals surface area contributed by atoms with Crippen LogP contribution in [-0.4, -0.2) is 31.2 Å². The van der Waals surface area contributed by atoms with E-state index in [2.05, 4.69) is 20.5 Å². The molecule has 3 aromatic heterocycles. The predicted octanol–water partition coefficient (Wildman–Crippen LogP) is 4.23. The average molecular weight is 431 g/mol. The molecule has 4 aromatic rings. The zero-order valence-electron chi connectivity index (χ0n) is 15.1. The maximum absolute atomic E-state index is 13.7. The SMILES string of the molecule is O=C(CSc1nnc2c3c4c(sc3ncn12)CCCC4)Nc1ccc(F)cc1F. The second-order valence-electron chi connectivity index (χ2n) is 6.77. The van der Waals surface area contributed by atoms with Gasteiger partial charge in [0.2, 0.25) is 5.91 Å². The van der Waals surface area contributed by atoms with Crippen molar-refractivity contribution in [3.8, 4) is 0 Å². The quantitative estimate of drug-likeness (QED) is 0.490. The highest BCUT2D eigenvalue weighted by atomic mass is 32.2. The Bertz CT molecular complexity index is 1250. The number of amides is 1. The molecule has 1 amide bonds. The van der Waals surface area contributed by atoms with Gasteiger partial charge in [-0.05, 0) is 43.4 Å². The largest absolute Gasteiger partial charge is 0.323 e. The molecular formula is C19H15F2N5OS2. The number of rotatable bonds is 4. The van der Waals surface area contributed by atoms with E-state index >= 15 is 0 Å². The van der Waals surface area contributed by atoms with Crippen molar-refractivity contribution < 1.29 is 13.6 Å². The van der Waals surface area contributed by atoms with Gasteiger partial charge < -0.3 is 5.32 Å². The number of fused-ring (bicyclic) bond motifs is 5. The van der Waals surface area contributed by atoms with Crippen LogP contribution in [0, 0.1) is 11.6 Å². The molecule has 1 aliphatic carbocycles. The molecule has 1 aromatic carbocycles. The third kappa shape index (κ3) is 3.36. The van der Waals surface area contributed by atoms with Crippen LogP contribution in [0.3, 0.4) is 0 Å². The summed E-state index contributed by atoms with van der Waals surface area (Å²) in [6, 6.07) is 3.02. The number of aromatic nitrogens is 4. The van der Waals surface area contributed by atoms with E-state index in [1.807, 2.05) is 0 Å². The number of nitrogens with one attached hydrogen (secondary N) is 1. The standard InChI is InChI=1S/C19H15F2N5OS2/c20-10-5-6-13(12(21)7-10)23-15(27)8-28-19-25-24-17-16-11-3-1-2-4-14(11)29-18(16)22-9-26(17)19/h5-7,9H,1-4,8H2,(H,23,27). The molecule has 0 aliphatic heterocycles. The second-order valence-corrected chi connectivity index (χ2v) is 8.80. The van der Waals surface area contributed by atoms with Crippen molar-refractivity contribution in [2.24, 2.45) is 0 Å². The van der Waals surface area contributed by atoms with E-state index in [9.17, 15) is 13.6 Å². The Kier molecular flexibility index (Phi) is 4.67.